The van der Waals surface area contributed by atoms with E-state index in [1.165, 1.54) is 25.1 Å². The summed E-state index contributed by atoms with van der Waals surface area (Å²) in [6.07, 6.45) is -4.68. The third-order valence-electron chi connectivity index (χ3n) is 3.22. The van der Waals surface area contributed by atoms with E-state index >= 15 is 0 Å². The number of halogens is 3. The molecule has 0 atom stereocenters. The number of alkyl halides is 3. The van der Waals surface area contributed by atoms with Crippen LogP contribution in [-0.4, -0.2) is 24.9 Å². The molecule has 25 heavy (non-hydrogen) atoms. The van der Waals surface area contributed by atoms with Gasteiger partial charge in [0.25, 0.3) is 0 Å². The summed E-state index contributed by atoms with van der Waals surface area (Å²) >= 11 is 0.825. The third kappa shape index (κ3) is 4.74. The molecule has 0 unspecified atom stereocenters. The first-order valence-electron chi connectivity index (χ1n) is 7.04. The van der Waals surface area contributed by atoms with Gasteiger partial charge in [-0.2, -0.15) is 18.4 Å². The molecule has 2 rings (SSSR count). The molecule has 4 nitrogen and oxygen atoms in total. The van der Waals surface area contributed by atoms with Crippen LogP contribution in [0.1, 0.15) is 16.8 Å². The van der Waals surface area contributed by atoms with Gasteiger partial charge in [-0.05, 0) is 25.1 Å². The fourth-order valence-corrected chi connectivity index (χ4v) is 4.79. The van der Waals surface area contributed by atoms with E-state index in [2.05, 4.69) is 4.98 Å². The summed E-state index contributed by atoms with van der Waals surface area (Å²) < 4.78 is 63.5. The van der Waals surface area contributed by atoms with Crippen LogP contribution >= 0.6 is 11.8 Å². The predicted molar refractivity (Wildman–Crippen MR) is 87.9 cm³/mol. The highest BCUT2D eigenvalue weighted by Gasteiger charge is 2.35. The molecule has 0 aliphatic carbocycles. The maximum absolute atomic E-state index is 13.0. The average Bonchev–Trinajstić information content (AvgIpc) is 2.54. The summed E-state index contributed by atoms with van der Waals surface area (Å²) in [5.41, 5.74) is -1.53. The van der Waals surface area contributed by atoms with Crippen LogP contribution in [0.15, 0.2) is 46.3 Å². The second-order valence-corrected chi connectivity index (χ2v) is 8.27. The molecule has 2 aromatic rings. The largest absolute Gasteiger partial charge is 0.417 e. The number of rotatable bonds is 5. The number of thioether (sulfide) groups is 1. The Bertz CT molecular complexity index is 905. The van der Waals surface area contributed by atoms with Crippen LogP contribution < -0.4 is 0 Å². The van der Waals surface area contributed by atoms with Crippen molar-refractivity contribution in [3.63, 3.8) is 0 Å². The molecule has 1 aromatic heterocycles. The SMILES string of the molecule is Cc1cc(C(F)(F)F)c(C#N)c(SCCS(=O)(=O)c2ccccc2)n1. The van der Waals surface area contributed by atoms with Gasteiger partial charge in [0.2, 0.25) is 0 Å². The minimum atomic E-state index is -4.68. The molecule has 0 N–H and O–H groups in total. The molecular weight excluding hydrogens is 373 g/mol. The molecule has 1 heterocycles. The van der Waals surface area contributed by atoms with Gasteiger partial charge < -0.3 is 0 Å². The lowest BCUT2D eigenvalue weighted by atomic mass is 10.1. The fraction of sp³-hybridized carbons (Fsp3) is 0.250. The Morgan fingerprint density at radius 3 is 2.44 bits per heavy atom. The Morgan fingerprint density at radius 1 is 1.24 bits per heavy atom. The zero-order valence-electron chi connectivity index (χ0n) is 13.0. The number of aryl methyl sites for hydroxylation is 1. The highest BCUT2D eigenvalue weighted by molar-refractivity contribution is 8.00. The van der Waals surface area contributed by atoms with Crippen molar-refractivity contribution in [3.8, 4) is 6.07 Å². The first-order chi connectivity index (χ1) is 11.6. The Hall–Kier alpha value is -2.05. The lowest BCUT2D eigenvalue weighted by Gasteiger charge is -2.12. The molecule has 1 aromatic carbocycles. The van der Waals surface area contributed by atoms with Crippen molar-refractivity contribution in [3.05, 3.63) is 53.2 Å². The summed E-state index contributed by atoms with van der Waals surface area (Å²) in [6, 6.07) is 10.1. The maximum atomic E-state index is 13.0. The molecule has 132 valence electrons. The number of hydrogen-bond donors (Lipinski definition) is 0. The molecule has 0 aliphatic heterocycles. The van der Waals surface area contributed by atoms with Gasteiger partial charge in [0, 0.05) is 11.4 Å². The minimum absolute atomic E-state index is 0.0142. The molecular formula is C16H13F3N2O2S2. The monoisotopic (exact) mass is 386 g/mol. The molecule has 9 heteroatoms. The highest BCUT2D eigenvalue weighted by atomic mass is 32.2. The van der Waals surface area contributed by atoms with Crippen LogP contribution in [0.3, 0.4) is 0 Å². The van der Waals surface area contributed by atoms with Gasteiger partial charge in [-0.3, -0.25) is 0 Å². The minimum Gasteiger partial charge on any atom is -0.245 e. The van der Waals surface area contributed by atoms with E-state index in [-0.39, 0.29) is 27.1 Å². The van der Waals surface area contributed by atoms with E-state index < -0.39 is 27.1 Å². The molecule has 0 amide bonds. The van der Waals surface area contributed by atoms with E-state index in [1.54, 1.807) is 18.2 Å². The van der Waals surface area contributed by atoms with E-state index in [9.17, 15) is 21.6 Å². The van der Waals surface area contributed by atoms with Gasteiger partial charge >= 0.3 is 6.18 Å². The van der Waals surface area contributed by atoms with Crippen LogP contribution in [0.2, 0.25) is 0 Å². The zero-order chi connectivity index (χ0) is 18.7. The molecule has 0 fully saturated rings. The van der Waals surface area contributed by atoms with Gasteiger partial charge in [0.15, 0.2) is 9.84 Å². The van der Waals surface area contributed by atoms with Crippen LogP contribution in [0.4, 0.5) is 13.2 Å². The summed E-state index contributed by atoms with van der Waals surface area (Å²) in [4.78, 5) is 4.10. The van der Waals surface area contributed by atoms with Gasteiger partial charge in [-0.15, -0.1) is 11.8 Å². The number of pyridine rings is 1. The molecule has 0 radical (unpaired) electrons. The molecule has 0 aliphatic rings. The first kappa shape index (κ1) is 19.3. The van der Waals surface area contributed by atoms with E-state index in [4.69, 9.17) is 5.26 Å². The summed E-state index contributed by atoms with van der Waals surface area (Å²) in [5, 5.41) is 8.96. The van der Waals surface area contributed by atoms with Gasteiger partial charge in [0.1, 0.15) is 11.1 Å². The number of sulfone groups is 1. The van der Waals surface area contributed by atoms with Crippen molar-refractivity contribution in [2.75, 3.05) is 11.5 Å². The zero-order valence-corrected chi connectivity index (χ0v) is 14.7. The molecule has 0 saturated carbocycles. The van der Waals surface area contributed by atoms with E-state index in [1.807, 2.05) is 0 Å². The highest BCUT2D eigenvalue weighted by Crippen LogP contribution is 2.35. The Kier molecular flexibility index (Phi) is 5.75. The van der Waals surface area contributed by atoms with Crippen molar-refractivity contribution in [2.45, 2.75) is 23.0 Å². The average molecular weight is 386 g/mol. The molecule has 0 spiro atoms. The summed E-state index contributed by atoms with van der Waals surface area (Å²) in [6.45, 7) is 1.39. The third-order valence-corrected chi connectivity index (χ3v) is 6.19. The summed E-state index contributed by atoms with van der Waals surface area (Å²) in [7, 11) is -3.55. The van der Waals surface area contributed by atoms with Gasteiger partial charge in [0.05, 0.1) is 21.8 Å². The van der Waals surface area contributed by atoms with Crippen LogP contribution in [0.25, 0.3) is 0 Å². The molecule has 0 bridgehead atoms. The van der Waals surface area contributed by atoms with Crippen molar-refractivity contribution >= 4 is 21.6 Å². The van der Waals surface area contributed by atoms with Crippen LogP contribution in [-0.2, 0) is 16.0 Å². The Balaban J connectivity index is 2.22. The van der Waals surface area contributed by atoms with E-state index in [0.717, 1.165) is 17.8 Å². The number of nitrogens with zero attached hydrogens (tertiary/aromatic N) is 2. The van der Waals surface area contributed by atoms with Crippen molar-refractivity contribution in [1.82, 2.24) is 4.98 Å². The Labute approximate surface area is 147 Å². The lowest BCUT2D eigenvalue weighted by molar-refractivity contribution is -0.138. The second-order valence-electron chi connectivity index (χ2n) is 5.08. The van der Waals surface area contributed by atoms with Crippen LogP contribution in [0.5, 0.6) is 0 Å². The van der Waals surface area contributed by atoms with Crippen LogP contribution in [0, 0.1) is 18.3 Å². The first-order valence-corrected chi connectivity index (χ1v) is 9.68. The van der Waals surface area contributed by atoms with Gasteiger partial charge in [-0.1, -0.05) is 18.2 Å². The second kappa shape index (κ2) is 7.45. The van der Waals surface area contributed by atoms with Crippen molar-refractivity contribution < 1.29 is 21.6 Å². The topological polar surface area (TPSA) is 70.8 Å². The number of aromatic nitrogens is 1. The summed E-state index contributed by atoms with van der Waals surface area (Å²) in [5.74, 6) is -0.289. The normalized spacial score (nSPS) is 12.0. The number of benzene rings is 1. The maximum Gasteiger partial charge on any atom is 0.417 e. The molecule has 0 saturated heterocycles. The quantitative estimate of drug-likeness (QED) is 0.730. The smallest absolute Gasteiger partial charge is 0.245 e. The van der Waals surface area contributed by atoms with Gasteiger partial charge in [-0.25, -0.2) is 13.4 Å². The number of hydrogen-bond acceptors (Lipinski definition) is 5. The fourth-order valence-electron chi connectivity index (χ4n) is 2.07. The number of nitriles is 1. The Morgan fingerprint density at radius 2 is 1.88 bits per heavy atom. The van der Waals surface area contributed by atoms with Crippen molar-refractivity contribution in [1.29, 1.82) is 5.26 Å². The lowest BCUT2D eigenvalue weighted by Crippen LogP contribution is -2.12. The van der Waals surface area contributed by atoms with Crippen molar-refractivity contribution in [2.24, 2.45) is 0 Å². The van der Waals surface area contributed by atoms with E-state index in [0.29, 0.717) is 0 Å². The predicted octanol–water partition coefficient (Wildman–Crippen LogP) is 3.85. The standard InChI is InChI=1S/C16H13F3N2O2S2/c1-11-9-14(16(17,18)19)13(10-20)15(21-11)24-7-8-25(22,23)12-5-3-2-4-6-12/h2-6,9H,7-8H2,1H3.